The van der Waals surface area contributed by atoms with Crippen LogP contribution in [0.1, 0.15) is 102 Å². The fraction of sp³-hybridized carbons (Fsp3) is 0.821. The van der Waals surface area contributed by atoms with Gasteiger partial charge in [-0.1, -0.05) is 26.3 Å². The number of carbonyl (C=O) groups is 1. The molecule has 33 heavy (non-hydrogen) atoms. The molecular weight excluding hydrogens is 408 g/mol. The van der Waals surface area contributed by atoms with Gasteiger partial charge in [0.25, 0.3) is 0 Å². The Morgan fingerprint density at radius 3 is 2.82 bits per heavy atom. The van der Waals surface area contributed by atoms with E-state index in [9.17, 15) is 4.79 Å². The van der Waals surface area contributed by atoms with Gasteiger partial charge in [-0.3, -0.25) is 4.79 Å². The minimum atomic E-state index is -0.299. The smallest absolute Gasteiger partial charge is 0.162 e. The van der Waals surface area contributed by atoms with Crippen molar-refractivity contribution in [2.75, 3.05) is 0 Å². The van der Waals surface area contributed by atoms with Crippen molar-refractivity contribution in [1.29, 1.82) is 0 Å². The molecule has 6 rings (SSSR count). The molecule has 2 N–H and O–H groups in total. The normalized spacial score (nSPS) is 45.0. The number of aromatic nitrogens is 3. The van der Waals surface area contributed by atoms with E-state index < -0.39 is 0 Å². The van der Waals surface area contributed by atoms with Gasteiger partial charge in [0.1, 0.15) is 11.7 Å². The first-order valence-electron chi connectivity index (χ1n) is 13.8. The number of carbonyl (C=O) groups excluding carboxylic acids is 1. The maximum atomic E-state index is 13.9. The van der Waals surface area contributed by atoms with Crippen LogP contribution in [0.15, 0.2) is 6.08 Å². The van der Waals surface area contributed by atoms with Gasteiger partial charge in [0.05, 0.1) is 5.69 Å². The molecule has 0 saturated heterocycles. The minimum Gasteiger partial charge on any atom is -0.325 e. The molecule has 5 nitrogen and oxygen atoms in total. The monoisotopic (exact) mass is 450 g/mol. The average molecular weight is 451 g/mol. The summed E-state index contributed by atoms with van der Waals surface area (Å²) in [5.41, 5.74) is 9.38. The molecule has 5 heteroatoms. The van der Waals surface area contributed by atoms with Crippen molar-refractivity contribution in [2.24, 2.45) is 46.7 Å². The van der Waals surface area contributed by atoms with Crippen molar-refractivity contribution >= 4 is 11.9 Å². The third kappa shape index (κ3) is 3.24. The standard InChI is InChI=1S/C28H42N4O/c1-17-8-9-20-19(16-17)12-15-28(29)21(20)13-14-27(3)22(10-11-25(27)28)26(33)18(2)32-30-23-6-4-5-7-24(23)31-32/h4,6,17-22,25H,5,7-16,29H2,1-3H3. The molecule has 5 aliphatic rings. The second-order valence-electron chi connectivity index (χ2n) is 12.7. The molecule has 4 saturated carbocycles. The Morgan fingerprint density at radius 2 is 2.00 bits per heavy atom. The summed E-state index contributed by atoms with van der Waals surface area (Å²) in [5.74, 6) is 4.17. The van der Waals surface area contributed by atoms with Crippen molar-refractivity contribution < 1.29 is 4.79 Å². The van der Waals surface area contributed by atoms with Crippen LogP contribution >= 0.6 is 0 Å². The molecule has 180 valence electrons. The molecule has 1 aromatic rings. The second kappa shape index (κ2) is 7.76. The SMILES string of the molecule is CC1CCC2C(CCC3(N)C2CCC2(C)C(C(=O)C(C)n4nc5c(n4)CCC=C5)CCC23)C1. The van der Waals surface area contributed by atoms with Gasteiger partial charge in [0.2, 0.25) is 0 Å². The van der Waals surface area contributed by atoms with Crippen molar-refractivity contribution in [3.05, 3.63) is 17.5 Å². The number of nitrogens with zero attached hydrogens (tertiary/aromatic N) is 3. The highest BCUT2D eigenvalue weighted by atomic mass is 16.1. The third-order valence-corrected chi connectivity index (χ3v) is 11.1. The fourth-order valence-corrected chi connectivity index (χ4v) is 9.39. The zero-order valence-electron chi connectivity index (χ0n) is 20.8. The lowest BCUT2D eigenvalue weighted by atomic mass is 9.46. The zero-order valence-corrected chi connectivity index (χ0v) is 20.8. The van der Waals surface area contributed by atoms with Gasteiger partial charge in [-0.15, -0.1) is 0 Å². The second-order valence-corrected chi connectivity index (χ2v) is 12.7. The topological polar surface area (TPSA) is 73.8 Å². The summed E-state index contributed by atoms with van der Waals surface area (Å²) in [4.78, 5) is 15.6. The molecule has 9 unspecified atom stereocenters. The Balaban J connectivity index is 1.24. The Kier molecular flexibility index (Phi) is 5.18. The molecule has 0 aromatic carbocycles. The maximum Gasteiger partial charge on any atom is 0.162 e. The highest BCUT2D eigenvalue weighted by molar-refractivity contribution is 5.85. The van der Waals surface area contributed by atoms with E-state index in [1.165, 1.54) is 38.5 Å². The summed E-state index contributed by atoms with van der Waals surface area (Å²) in [6.07, 6.45) is 17.3. The molecule has 1 aromatic heterocycles. The summed E-state index contributed by atoms with van der Waals surface area (Å²) >= 11 is 0. The Morgan fingerprint density at radius 1 is 1.15 bits per heavy atom. The highest BCUT2D eigenvalue weighted by Crippen LogP contribution is 2.65. The van der Waals surface area contributed by atoms with E-state index in [0.717, 1.165) is 61.2 Å². The fourth-order valence-electron chi connectivity index (χ4n) is 9.39. The average Bonchev–Trinajstić information content (AvgIpc) is 3.39. The van der Waals surface area contributed by atoms with E-state index in [4.69, 9.17) is 10.8 Å². The number of ketones is 1. The molecule has 0 bridgehead atoms. The van der Waals surface area contributed by atoms with E-state index in [1.54, 1.807) is 4.80 Å². The van der Waals surface area contributed by atoms with Crippen LogP contribution < -0.4 is 5.73 Å². The number of hydrogen-bond acceptors (Lipinski definition) is 4. The number of allylic oxidation sites excluding steroid dienone is 1. The molecule has 5 aliphatic carbocycles. The summed E-state index contributed by atoms with van der Waals surface area (Å²) in [5, 5.41) is 9.38. The van der Waals surface area contributed by atoms with Crippen molar-refractivity contribution in [3.63, 3.8) is 0 Å². The van der Waals surface area contributed by atoms with Crippen LogP contribution in [0.4, 0.5) is 0 Å². The molecular formula is C28H42N4O. The minimum absolute atomic E-state index is 0.0259. The molecule has 4 fully saturated rings. The maximum absolute atomic E-state index is 13.9. The molecule has 9 atom stereocenters. The van der Waals surface area contributed by atoms with Crippen LogP contribution in [0.2, 0.25) is 0 Å². The van der Waals surface area contributed by atoms with Gasteiger partial charge in [0, 0.05) is 11.5 Å². The predicted octanol–water partition coefficient (Wildman–Crippen LogP) is 5.35. The summed E-state index contributed by atoms with van der Waals surface area (Å²) < 4.78 is 0. The highest BCUT2D eigenvalue weighted by Gasteiger charge is 2.63. The van der Waals surface area contributed by atoms with E-state index in [-0.39, 0.29) is 22.9 Å². The lowest BCUT2D eigenvalue weighted by Gasteiger charge is -2.61. The van der Waals surface area contributed by atoms with Gasteiger partial charge < -0.3 is 5.73 Å². The van der Waals surface area contributed by atoms with Crippen molar-refractivity contribution in [3.8, 4) is 0 Å². The lowest BCUT2D eigenvalue weighted by molar-refractivity contribution is -0.135. The first kappa shape index (κ1) is 22.0. The lowest BCUT2D eigenvalue weighted by Crippen LogP contribution is -2.65. The van der Waals surface area contributed by atoms with Crippen molar-refractivity contribution in [1.82, 2.24) is 15.0 Å². The molecule has 0 spiro atoms. The van der Waals surface area contributed by atoms with Crippen molar-refractivity contribution in [2.45, 2.75) is 103 Å². The first-order chi connectivity index (χ1) is 15.8. The summed E-state index contributed by atoms with van der Waals surface area (Å²) in [7, 11) is 0. The van der Waals surface area contributed by atoms with E-state index in [0.29, 0.717) is 17.6 Å². The Labute approximate surface area is 198 Å². The zero-order chi connectivity index (χ0) is 23.0. The first-order valence-corrected chi connectivity index (χ1v) is 13.8. The van der Waals surface area contributed by atoms with Crippen LogP contribution in [-0.4, -0.2) is 26.3 Å². The number of hydrogen-bond donors (Lipinski definition) is 1. The molecule has 0 aliphatic heterocycles. The Hall–Kier alpha value is -1.49. The van der Waals surface area contributed by atoms with Crippen LogP contribution in [0.5, 0.6) is 0 Å². The van der Waals surface area contributed by atoms with E-state index in [1.807, 2.05) is 13.0 Å². The quantitative estimate of drug-likeness (QED) is 0.673. The van der Waals surface area contributed by atoms with E-state index in [2.05, 4.69) is 25.0 Å². The third-order valence-electron chi connectivity index (χ3n) is 11.1. The van der Waals surface area contributed by atoms with Gasteiger partial charge in [-0.05, 0) is 112 Å². The predicted molar refractivity (Wildman–Crippen MR) is 130 cm³/mol. The van der Waals surface area contributed by atoms with Gasteiger partial charge in [-0.2, -0.15) is 15.0 Å². The van der Waals surface area contributed by atoms with Gasteiger partial charge >= 0.3 is 0 Å². The van der Waals surface area contributed by atoms with Crippen LogP contribution in [0.3, 0.4) is 0 Å². The molecule has 0 amide bonds. The van der Waals surface area contributed by atoms with Gasteiger partial charge in [0.15, 0.2) is 5.78 Å². The molecule has 1 heterocycles. The van der Waals surface area contributed by atoms with Crippen LogP contribution in [-0.2, 0) is 11.2 Å². The molecule has 0 radical (unpaired) electrons. The summed E-state index contributed by atoms with van der Waals surface area (Å²) in [6, 6.07) is -0.299. The number of nitrogens with two attached hydrogens (primary N) is 1. The summed E-state index contributed by atoms with van der Waals surface area (Å²) in [6.45, 7) is 6.85. The number of aryl methyl sites for hydroxylation is 1. The number of rotatable bonds is 3. The Bertz CT molecular complexity index is 967. The van der Waals surface area contributed by atoms with Crippen LogP contribution in [0.25, 0.3) is 6.08 Å². The van der Waals surface area contributed by atoms with E-state index >= 15 is 0 Å². The number of Topliss-reactive ketones (excluding diaryl/α,β-unsaturated/α-hetero) is 1. The largest absolute Gasteiger partial charge is 0.325 e. The van der Waals surface area contributed by atoms with Crippen LogP contribution in [0, 0.1) is 40.9 Å². The number of fused-ring (bicyclic) bond motifs is 6. The van der Waals surface area contributed by atoms with Gasteiger partial charge in [-0.25, -0.2) is 0 Å².